The zero-order valence-corrected chi connectivity index (χ0v) is 7.08. The van der Waals surface area contributed by atoms with Crippen molar-refractivity contribution in [2.75, 3.05) is 0 Å². The van der Waals surface area contributed by atoms with E-state index < -0.39 is 0 Å². The Bertz CT molecular complexity index is 378. The van der Waals surface area contributed by atoms with Gasteiger partial charge < -0.3 is 4.42 Å². The number of fused-ring (bicyclic) bond motifs is 1. The van der Waals surface area contributed by atoms with Crippen molar-refractivity contribution in [1.29, 1.82) is 0 Å². The summed E-state index contributed by atoms with van der Waals surface area (Å²) in [6.07, 6.45) is 3.72. The molecule has 2 heteroatoms. The van der Waals surface area contributed by atoms with Crippen LogP contribution in [0.25, 0.3) is 11.1 Å². The van der Waals surface area contributed by atoms with Crippen LogP contribution in [0.1, 0.15) is 18.9 Å². The van der Waals surface area contributed by atoms with Crippen LogP contribution < -0.4 is 0 Å². The van der Waals surface area contributed by atoms with Gasteiger partial charge in [0.15, 0.2) is 12.0 Å². The first-order valence-electron chi connectivity index (χ1n) is 4.23. The van der Waals surface area contributed by atoms with Crippen LogP contribution in [0.2, 0.25) is 0 Å². The fourth-order valence-corrected chi connectivity index (χ4v) is 1.42. The van der Waals surface area contributed by atoms with Crippen LogP contribution in [0.4, 0.5) is 0 Å². The molecule has 0 spiro atoms. The fourth-order valence-electron chi connectivity index (χ4n) is 1.42. The zero-order chi connectivity index (χ0) is 8.39. The largest absolute Gasteiger partial charge is 0.443 e. The minimum atomic E-state index is 0.890. The van der Waals surface area contributed by atoms with Crippen molar-refractivity contribution in [3.05, 3.63) is 30.2 Å². The van der Waals surface area contributed by atoms with E-state index in [4.69, 9.17) is 4.42 Å². The average molecular weight is 161 g/mol. The lowest BCUT2D eigenvalue weighted by Crippen LogP contribution is -1.83. The van der Waals surface area contributed by atoms with Crippen LogP contribution in [0.5, 0.6) is 0 Å². The maximum absolute atomic E-state index is 5.19. The summed E-state index contributed by atoms with van der Waals surface area (Å²) < 4.78 is 5.19. The molecule has 0 bridgehead atoms. The van der Waals surface area contributed by atoms with E-state index in [0.29, 0.717) is 0 Å². The molecule has 1 aromatic carbocycles. The molecule has 0 aliphatic rings. The lowest BCUT2D eigenvalue weighted by Gasteiger charge is -1.96. The van der Waals surface area contributed by atoms with Crippen molar-refractivity contribution in [1.82, 2.24) is 4.98 Å². The topological polar surface area (TPSA) is 26.0 Å². The lowest BCUT2D eigenvalue weighted by atomic mass is 10.1. The van der Waals surface area contributed by atoms with Gasteiger partial charge >= 0.3 is 0 Å². The number of nitrogens with zero attached hydrogens (tertiary/aromatic N) is 1. The summed E-state index contributed by atoms with van der Waals surface area (Å²) in [4.78, 5) is 4.17. The molecule has 62 valence electrons. The summed E-state index contributed by atoms with van der Waals surface area (Å²) in [6.45, 7) is 2.17. The van der Waals surface area contributed by atoms with Crippen LogP contribution in [0.3, 0.4) is 0 Å². The molecule has 0 unspecified atom stereocenters. The standard InChI is InChI=1S/C10H11NO/c1-2-4-8-5-3-6-9-10(8)11-7-12-9/h3,5-7H,2,4H2,1H3. The van der Waals surface area contributed by atoms with E-state index in [-0.39, 0.29) is 0 Å². The normalized spacial score (nSPS) is 10.8. The number of hydrogen-bond donors (Lipinski definition) is 0. The lowest BCUT2D eigenvalue weighted by molar-refractivity contribution is 0.602. The predicted octanol–water partition coefficient (Wildman–Crippen LogP) is 2.78. The Morgan fingerprint density at radius 3 is 3.17 bits per heavy atom. The van der Waals surface area contributed by atoms with Gasteiger partial charge in [0, 0.05) is 0 Å². The molecule has 12 heavy (non-hydrogen) atoms. The molecule has 0 saturated heterocycles. The van der Waals surface area contributed by atoms with Crippen molar-refractivity contribution in [3.8, 4) is 0 Å². The number of aromatic nitrogens is 1. The summed E-state index contributed by atoms with van der Waals surface area (Å²) >= 11 is 0. The third-order valence-electron chi connectivity index (χ3n) is 1.96. The number of benzene rings is 1. The molecule has 0 aliphatic heterocycles. The molecule has 1 heterocycles. The summed E-state index contributed by atoms with van der Waals surface area (Å²) in [5.41, 5.74) is 3.18. The van der Waals surface area contributed by atoms with E-state index in [1.54, 1.807) is 0 Å². The quantitative estimate of drug-likeness (QED) is 0.676. The van der Waals surface area contributed by atoms with Gasteiger partial charge in [-0.2, -0.15) is 0 Å². The van der Waals surface area contributed by atoms with E-state index in [1.165, 1.54) is 12.0 Å². The molecule has 0 saturated carbocycles. The van der Waals surface area contributed by atoms with Crippen LogP contribution in [0.15, 0.2) is 29.0 Å². The molecule has 0 fully saturated rings. The summed E-state index contributed by atoms with van der Waals surface area (Å²) in [6, 6.07) is 6.06. The van der Waals surface area contributed by atoms with Gasteiger partial charge in [-0.15, -0.1) is 0 Å². The van der Waals surface area contributed by atoms with Gasteiger partial charge in [-0.25, -0.2) is 4.98 Å². The van der Waals surface area contributed by atoms with Gasteiger partial charge in [-0.05, 0) is 18.1 Å². The van der Waals surface area contributed by atoms with Gasteiger partial charge in [0.2, 0.25) is 0 Å². The molecule has 0 atom stereocenters. The molecule has 2 nitrogen and oxygen atoms in total. The molecular formula is C10H11NO. The Labute approximate surface area is 71.2 Å². The SMILES string of the molecule is CCCc1cccc2ocnc12. The average Bonchev–Trinajstić information content (AvgIpc) is 2.53. The Balaban J connectivity index is 2.57. The van der Waals surface area contributed by atoms with Gasteiger partial charge in [0.25, 0.3) is 0 Å². The molecule has 2 aromatic rings. The minimum absolute atomic E-state index is 0.890. The summed E-state index contributed by atoms with van der Waals surface area (Å²) in [5, 5.41) is 0. The Hall–Kier alpha value is -1.31. The van der Waals surface area contributed by atoms with E-state index in [9.17, 15) is 0 Å². The highest BCUT2D eigenvalue weighted by Crippen LogP contribution is 2.17. The first-order valence-corrected chi connectivity index (χ1v) is 4.23. The van der Waals surface area contributed by atoms with Crippen molar-refractivity contribution in [2.24, 2.45) is 0 Å². The molecule has 0 N–H and O–H groups in total. The number of aryl methyl sites for hydroxylation is 1. The third-order valence-corrected chi connectivity index (χ3v) is 1.96. The Kier molecular flexibility index (Phi) is 1.82. The molecule has 2 rings (SSSR count). The van der Waals surface area contributed by atoms with Crippen LogP contribution >= 0.6 is 0 Å². The predicted molar refractivity (Wildman–Crippen MR) is 48.0 cm³/mol. The van der Waals surface area contributed by atoms with Gasteiger partial charge in [-0.3, -0.25) is 0 Å². The smallest absolute Gasteiger partial charge is 0.181 e. The number of rotatable bonds is 2. The van der Waals surface area contributed by atoms with E-state index in [1.807, 2.05) is 12.1 Å². The van der Waals surface area contributed by atoms with Crippen LogP contribution in [-0.2, 0) is 6.42 Å². The van der Waals surface area contributed by atoms with Gasteiger partial charge in [0.1, 0.15) is 5.52 Å². The van der Waals surface area contributed by atoms with Crippen molar-refractivity contribution in [2.45, 2.75) is 19.8 Å². The van der Waals surface area contributed by atoms with Crippen LogP contribution in [0, 0.1) is 0 Å². The molecule has 0 radical (unpaired) electrons. The maximum atomic E-state index is 5.19. The second kappa shape index (κ2) is 2.97. The zero-order valence-electron chi connectivity index (χ0n) is 7.08. The summed E-state index contributed by atoms with van der Waals surface area (Å²) in [5.74, 6) is 0. The number of hydrogen-bond acceptors (Lipinski definition) is 2. The third kappa shape index (κ3) is 1.09. The fraction of sp³-hybridized carbons (Fsp3) is 0.300. The van der Waals surface area contributed by atoms with Crippen molar-refractivity contribution in [3.63, 3.8) is 0 Å². The molecule has 0 aliphatic carbocycles. The first-order chi connectivity index (χ1) is 5.92. The van der Waals surface area contributed by atoms with Crippen molar-refractivity contribution >= 4 is 11.1 Å². The Morgan fingerprint density at radius 1 is 1.42 bits per heavy atom. The second-order valence-electron chi connectivity index (χ2n) is 2.87. The highest BCUT2D eigenvalue weighted by atomic mass is 16.3. The maximum Gasteiger partial charge on any atom is 0.181 e. The molecule has 0 amide bonds. The second-order valence-corrected chi connectivity index (χ2v) is 2.87. The monoisotopic (exact) mass is 161 g/mol. The molecular weight excluding hydrogens is 150 g/mol. The van der Waals surface area contributed by atoms with E-state index in [0.717, 1.165) is 23.9 Å². The van der Waals surface area contributed by atoms with Gasteiger partial charge in [-0.1, -0.05) is 25.5 Å². The van der Waals surface area contributed by atoms with Crippen molar-refractivity contribution < 1.29 is 4.42 Å². The Morgan fingerprint density at radius 2 is 2.33 bits per heavy atom. The van der Waals surface area contributed by atoms with E-state index >= 15 is 0 Å². The van der Waals surface area contributed by atoms with E-state index in [2.05, 4.69) is 18.0 Å². The van der Waals surface area contributed by atoms with Crippen LogP contribution in [-0.4, -0.2) is 4.98 Å². The summed E-state index contributed by atoms with van der Waals surface area (Å²) in [7, 11) is 0. The number of para-hydroxylation sites is 1. The number of oxazole rings is 1. The highest BCUT2D eigenvalue weighted by molar-refractivity contribution is 5.75. The highest BCUT2D eigenvalue weighted by Gasteiger charge is 2.02. The van der Waals surface area contributed by atoms with Gasteiger partial charge in [0.05, 0.1) is 0 Å². The molecule has 1 aromatic heterocycles. The minimum Gasteiger partial charge on any atom is -0.443 e. The first kappa shape index (κ1) is 7.35.